The van der Waals surface area contributed by atoms with Crippen LogP contribution in [-0.2, 0) is 19.1 Å². The van der Waals surface area contributed by atoms with Gasteiger partial charge in [0.05, 0.1) is 0 Å². The van der Waals surface area contributed by atoms with Crippen molar-refractivity contribution in [1.82, 2.24) is 10.2 Å². The van der Waals surface area contributed by atoms with Crippen LogP contribution in [0.2, 0.25) is 0 Å². The zero-order chi connectivity index (χ0) is 23.3. The molecular formula is C24H44N2O5. The van der Waals surface area contributed by atoms with Gasteiger partial charge >= 0.3 is 12.1 Å². The Kier molecular flexibility index (Phi) is 12.6. The Morgan fingerprint density at radius 1 is 1.03 bits per heavy atom. The number of ether oxygens (including phenoxy) is 2. The summed E-state index contributed by atoms with van der Waals surface area (Å²) in [5.41, 5.74) is -0.603. The summed E-state index contributed by atoms with van der Waals surface area (Å²) < 4.78 is 11.3. The number of carbonyl (C=O) groups is 3. The molecule has 0 saturated carbocycles. The maximum Gasteiger partial charge on any atom is 0.411 e. The van der Waals surface area contributed by atoms with Crippen molar-refractivity contribution in [2.24, 2.45) is 0 Å². The Morgan fingerprint density at radius 3 is 2.32 bits per heavy atom. The number of rotatable bonds is 13. The molecule has 7 heteroatoms. The van der Waals surface area contributed by atoms with Crippen molar-refractivity contribution in [2.45, 2.75) is 122 Å². The van der Waals surface area contributed by atoms with Crippen LogP contribution in [-0.4, -0.2) is 54.2 Å². The largest absolute Gasteiger partial charge is 0.461 e. The normalized spacial score (nSPS) is 17.3. The van der Waals surface area contributed by atoms with Gasteiger partial charge in [-0.15, -0.1) is 0 Å². The minimum Gasteiger partial charge on any atom is -0.461 e. The molecule has 1 fully saturated rings. The zero-order valence-corrected chi connectivity index (χ0v) is 20.3. The van der Waals surface area contributed by atoms with Gasteiger partial charge in [0.15, 0.2) is 0 Å². The van der Waals surface area contributed by atoms with Crippen molar-refractivity contribution in [3.05, 3.63) is 0 Å². The van der Waals surface area contributed by atoms with Crippen molar-refractivity contribution in [2.75, 3.05) is 13.6 Å². The van der Waals surface area contributed by atoms with Crippen LogP contribution in [0.25, 0.3) is 0 Å². The van der Waals surface area contributed by atoms with E-state index in [4.69, 9.17) is 9.47 Å². The standard InChI is InChI=1S/C24H44N2O5/c1-6-7-8-9-10-11-14-19(15-12-17-21(27)25-5)30-22(28)20-16-13-18-26(20)23(29)31-24(2,3)4/h19-20H,6-18H2,1-5H3,(H,25,27)/t19-,20?/m0/s1. The van der Waals surface area contributed by atoms with Gasteiger partial charge in [-0.05, 0) is 59.3 Å². The molecule has 31 heavy (non-hydrogen) atoms. The van der Waals surface area contributed by atoms with E-state index >= 15 is 0 Å². The second-order valence-electron chi connectivity index (χ2n) is 9.51. The van der Waals surface area contributed by atoms with Gasteiger partial charge in [0.1, 0.15) is 17.7 Å². The summed E-state index contributed by atoms with van der Waals surface area (Å²) in [6.07, 6.45) is 10.3. The highest BCUT2D eigenvalue weighted by atomic mass is 16.6. The third kappa shape index (κ3) is 11.4. The molecule has 1 rings (SSSR count). The quantitative estimate of drug-likeness (QED) is 0.323. The predicted octanol–water partition coefficient (Wildman–Crippen LogP) is 4.96. The molecular weight excluding hydrogens is 396 g/mol. The second kappa shape index (κ2) is 14.3. The molecule has 7 nitrogen and oxygen atoms in total. The van der Waals surface area contributed by atoms with Crippen molar-refractivity contribution >= 4 is 18.0 Å². The molecule has 0 aromatic carbocycles. The van der Waals surface area contributed by atoms with E-state index in [0.717, 1.165) is 25.7 Å². The molecule has 1 aliphatic rings. The van der Waals surface area contributed by atoms with Crippen LogP contribution < -0.4 is 5.32 Å². The van der Waals surface area contributed by atoms with E-state index in [2.05, 4.69) is 12.2 Å². The number of nitrogens with one attached hydrogen (secondary N) is 1. The first-order chi connectivity index (χ1) is 14.7. The van der Waals surface area contributed by atoms with Gasteiger partial charge in [-0.1, -0.05) is 39.0 Å². The molecule has 0 aromatic heterocycles. The lowest BCUT2D eigenvalue weighted by molar-refractivity contribution is -0.155. The van der Waals surface area contributed by atoms with Crippen molar-refractivity contribution in [3.63, 3.8) is 0 Å². The summed E-state index contributed by atoms with van der Waals surface area (Å²) in [6, 6.07) is -0.583. The third-order valence-electron chi connectivity index (χ3n) is 5.52. The average Bonchev–Trinajstić information content (AvgIpc) is 3.19. The van der Waals surface area contributed by atoms with Crippen LogP contribution >= 0.6 is 0 Å². The Hall–Kier alpha value is -1.79. The van der Waals surface area contributed by atoms with Crippen LogP contribution in [0.1, 0.15) is 105 Å². The van der Waals surface area contributed by atoms with Crippen LogP contribution in [0, 0.1) is 0 Å². The number of amides is 2. The van der Waals surface area contributed by atoms with Crippen LogP contribution in [0.15, 0.2) is 0 Å². The van der Waals surface area contributed by atoms with E-state index in [1.807, 2.05) is 20.8 Å². The molecule has 1 saturated heterocycles. The first-order valence-electron chi connectivity index (χ1n) is 12.1. The molecule has 1 aliphatic heterocycles. The van der Waals surface area contributed by atoms with E-state index in [0.29, 0.717) is 32.2 Å². The SMILES string of the molecule is CCCCCCCC[C@@H](CCCC(=O)NC)OC(=O)C1CCCN1C(=O)OC(C)(C)C. The molecule has 180 valence electrons. The van der Waals surface area contributed by atoms with Gasteiger partial charge in [-0.3, -0.25) is 9.69 Å². The molecule has 0 radical (unpaired) electrons. The van der Waals surface area contributed by atoms with E-state index in [9.17, 15) is 14.4 Å². The van der Waals surface area contributed by atoms with E-state index in [1.165, 1.54) is 30.6 Å². The number of nitrogens with zero attached hydrogens (tertiary/aromatic N) is 1. The number of hydrogen-bond acceptors (Lipinski definition) is 5. The highest BCUT2D eigenvalue weighted by Gasteiger charge is 2.38. The van der Waals surface area contributed by atoms with Gasteiger partial charge in [0, 0.05) is 20.0 Å². The molecule has 2 atom stereocenters. The Bertz CT molecular complexity index is 559. The second-order valence-corrected chi connectivity index (χ2v) is 9.51. The first-order valence-corrected chi connectivity index (χ1v) is 12.1. The van der Waals surface area contributed by atoms with Gasteiger partial charge in [0.2, 0.25) is 5.91 Å². The maximum atomic E-state index is 12.9. The van der Waals surface area contributed by atoms with Crippen LogP contribution in [0.3, 0.4) is 0 Å². The minimum atomic E-state index is -0.603. The lowest BCUT2D eigenvalue weighted by atomic mass is 10.0. The van der Waals surface area contributed by atoms with Crippen LogP contribution in [0.4, 0.5) is 4.79 Å². The molecule has 1 N–H and O–H groups in total. The third-order valence-corrected chi connectivity index (χ3v) is 5.52. The monoisotopic (exact) mass is 440 g/mol. The van der Waals surface area contributed by atoms with Crippen LogP contribution in [0.5, 0.6) is 0 Å². The maximum absolute atomic E-state index is 12.9. The van der Waals surface area contributed by atoms with Crippen molar-refractivity contribution < 1.29 is 23.9 Å². The summed E-state index contributed by atoms with van der Waals surface area (Å²) in [4.78, 5) is 38.4. The highest BCUT2D eigenvalue weighted by molar-refractivity contribution is 5.82. The first kappa shape index (κ1) is 27.2. The zero-order valence-electron chi connectivity index (χ0n) is 20.3. The summed E-state index contributed by atoms with van der Waals surface area (Å²) in [7, 11) is 1.63. The molecule has 1 heterocycles. The van der Waals surface area contributed by atoms with Gasteiger partial charge in [-0.2, -0.15) is 0 Å². The summed E-state index contributed by atoms with van der Waals surface area (Å²) in [5, 5.41) is 2.63. The minimum absolute atomic E-state index is 0.00321. The molecule has 0 bridgehead atoms. The summed E-state index contributed by atoms with van der Waals surface area (Å²) in [5.74, 6) is -0.351. The summed E-state index contributed by atoms with van der Waals surface area (Å²) in [6.45, 7) is 8.16. The Labute approximate surface area is 188 Å². The summed E-state index contributed by atoms with van der Waals surface area (Å²) >= 11 is 0. The fourth-order valence-corrected chi connectivity index (χ4v) is 3.82. The molecule has 0 aliphatic carbocycles. The van der Waals surface area contributed by atoms with Gasteiger partial charge in [0.25, 0.3) is 0 Å². The highest BCUT2D eigenvalue weighted by Crippen LogP contribution is 2.24. The fraction of sp³-hybridized carbons (Fsp3) is 0.875. The van der Waals surface area contributed by atoms with Crippen molar-refractivity contribution in [3.8, 4) is 0 Å². The number of unbranched alkanes of at least 4 members (excludes halogenated alkanes) is 5. The van der Waals surface area contributed by atoms with Crippen molar-refractivity contribution in [1.29, 1.82) is 0 Å². The number of esters is 1. The molecule has 2 amide bonds. The lowest BCUT2D eigenvalue weighted by Gasteiger charge is -2.28. The Morgan fingerprint density at radius 2 is 1.68 bits per heavy atom. The Balaban J connectivity index is 2.61. The number of hydrogen-bond donors (Lipinski definition) is 1. The van der Waals surface area contributed by atoms with E-state index < -0.39 is 17.7 Å². The number of carbonyl (C=O) groups excluding carboxylic acids is 3. The smallest absolute Gasteiger partial charge is 0.411 e. The predicted molar refractivity (Wildman–Crippen MR) is 122 cm³/mol. The van der Waals surface area contributed by atoms with Gasteiger partial charge < -0.3 is 14.8 Å². The van der Waals surface area contributed by atoms with E-state index in [-0.39, 0.29) is 18.0 Å². The molecule has 0 spiro atoms. The lowest BCUT2D eigenvalue weighted by Crippen LogP contribution is -2.44. The van der Waals surface area contributed by atoms with E-state index in [1.54, 1.807) is 7.05 Å². The van der Waals surface area contributed by atoms with Gasteiger partial charge in [-0.25, -0.2) is 9.59 Å². The molecule has 1 unspecified atom stereocenters. The fourth-order valence-electron chi connectivity index (χ4n) is 3.82. The molecule has 0 aromatic rings. The topological polar surface area (TPSA) is 84.9 Å². The number of likely N-dealkylation sites (tertiary alicyclic amines) is 1. The average molecular weight is 441 g/mol.